The predicted molar refractivity (Wildman–Crippen MR) is 62.1 cm³/mol. The average molecular weight is 225 g/mol. The first-order valence-corrected chi connectivity index (χ1v) is 5.55. The zero-order valence-electron chi connectivity index (χ0n) is 10.1. The van der Waals surface area contributed by atoms with Crippen LogP contribution in [0.2, 0.25) is 0 Å². The van der Waals surface area contributed by atoms with Crippen LogP contribution in [0, 0.1) is 5.92 Å². The summed E-state index contributed by atoms with van der Waals surface area (Å²) in [5, 5.41) is 4.12. The summed E-state index contributed by atoms with van der Waals surface area (Å²) in [6, 6.07) is 1.55. The van der Waals surface area contributed by atoms with Crippen LogP contribution in [0.1, 0.15) is 37.7 Å². The molecule has 1 heterocycles. The molecule has 0 saturated carbocycles. The molecule has 0 fully saturated rings. The van der Waals surface area contributed by atoms with Crippen LogP contribution >= 0.6 is 0 Å². The van der Waals surface area contributed by atoms with E-state index in [1.165, 1.54) is 0 Å². The highest BCUT2D eigenvalue weighted by Crippen LogP contribution is 2.10. The fraction of sp³-hybridized carbons (Fsp3) is 0.636. The van der Waals surface area contributed by atoms with Gasteiger partial charge in [-0.2, -0.15) is 5.10 Å². The molecule has 1 aromatic rings. The first-order valence-electron chi connectivity index (χ1n) is 5.55. The Labute approximate surface area is 95.6 Å². The minimum atomic E-state index is -0.419. The number of aromatic nitrogens is 2. The summed E-state index contributed by atoms with van der Waals surface area (Å²) in [5.74, 6) is 0.663. The van der Waals surface area contributed by atoms with E-state index in [-0.39, 0.29) is 5.69 Å². The lowest BCUT2D eigenvalue weighted by Gasteiger charge is -2.05. The van der Waals surface area contributed by atoms with Crippen molar-refractivity contribution >= 4 is 11.8 Å². The molecule has 0 unspecified atom stereocenters. The molecule has 5 nitrogen and oxygen atoms in total. The molecule has 16 heavy (non-hydrogen) atoms. The van der Waals surface area contributed by atoms with Crippen LogP contribution in [0.25, 0.3) is 0 Å². The summed E-state index contributed by atoms with van der Waals surface area (Å²) in [6.45, 7) is 7.09. The fourth-order valence-corrected chi connectivity index (χ4v) is 1.30. The number of rotatable bonds is 5. The average Bonchev–Trinajstić information content (AvgIpc) is 2.57. The molecule has 0 saturated heterocycles. The van der Waals surface area contributed by atoms with Crippen LogP contribution in [0.4, 0.5) is 5.82 Å². The molecule has 0 radical (unpaired) electrons. The minimum Gasteiger partial charge on any atom is -0.461 e. The molecule has 5 heteroatoms. The number of carbonyl (C=O) groups is 1. The Bertz CT molecular complexity index is 358. The van der Waals surface area contributed by atoms with Crippen molar-refractivity contribution in [2.24, 2.45) is 5.92 Å². The summed E-state index contributed by atoms with van der Waals surface area (Å²) in [5.41, 5.74) is 6.03. The van der Waals surface area contributed by atoms with E-state index in [0.29, 0.717) is 18.3 Å². The number of aryl methyl sites for hydroxylation is 1. The van der Waals surface area contributed by atoms with Crippen molar-refractivity contribution < 1.29 is 9.53 Å². The van der Waals surface area contributed by atoms with Crippen molar-refractivity contribution in [1.82, 2.24) is 9.78 Å². The largest absolute Gasteiger partial charge is 0.461 e. The smallest absolute Gasteiger partial charge is 0.358 e. The molecule has 0 bridgehead atoms. The quantitative estimate of drug-likeness (QED) is 0.774. The molecule has 0 spiro atoms. The van der Waals surface area contributed by atoms with Crippen LogP contribution < -0.4 is 5.73 Å². The van der Waals surface area contributed by atoms with E-state index in [0.717, 1.165) is 13.0 Å². The van der Waals surface area contributed by atoms with Gasteiger partial charge in [0.2, 0.25) is 0 Å². The third kappa shape index (κ3) is 3.25. The van der Waals surface area contributed by atoms with E-state index >= 15 is 0 Å². The first kappa shape index (κ1) is 12.5. The van der Waals surface area contributed by atoms with Gasteiger partial charge < -0.3 is 10.5 Å². The summed E-state index contributed by atoms with van der Waals surface area (Å²) in [6.07, 6.45) is 0.980. The number of hydrogen-bond acceptors (Lipinski definition) is 4. The SMILES string of the molecule is CCOC(=O)c1cc(N)n(CCC(C)C)n1. The van der Waals surface area contributed by atoms with Gasteiger partial charge in [-0.1, -0.05) is 13.8 Å². The third-order valence-electron chi connectivity index (χ3n) is 2.21. The van der Waals surface area contributed by atoms with Gasteiger partial charge in [0.05, 0.1) is 6.61 Å². The van der Waals surface area contributed by atoms with Crippen LogP contribution in [0.3, 0.4) is 0 Å². The molecule has 0 atom stereocenters. The number of nitrogens with zero attached hydrogens (tertiary/aromatic N) is 2. The summed E-state index contributed by atoms with van der Waals surface area (Å²) < 4.78 is 6.50. The van der Waals surface area contributed by atoms with Crippen molar-refractivity contribution in [3.05, 3.63) is 11.8 Å². The predicted octanol–water partition coefficient (Wildman–Crippen LogP) is 1.69. The summed E-state index contributed by atoms with van der Waals surface area (Å²) in [7, 11) is 0. The van der Waals surface area contributed by atoms with E-state index in [2.05, 4.69) is 18.9 Å². The zero-order valence-corrected chi connectivity index (χ0v) is 10.1. The zero-order chi connectivity index (χ0) is 12.1. The lowest BCUT2D eigenvalue weighted by Crippen LogP contribution is -2.09. The van der Waals surface area contributed by atoms with Gasteiger partial charge in [-0.05, 0) is 19.3 Å². The lowest BCUT2D eigenvalue weighted by molar-refractivity contribution is 0.0518. The normalized spacial score (nSPS) is 10.8. The van der Waals surface area contributed by atoms with Gasteiger partial charge in [0.1, 0.15) is 5.82 Å². The molecule has 1 rings (SSSR count). The highest BCUT2D eigenvalue weighted by molar-refractivity contribution is 5.88. The van der Waals surface area contributed by atoms with Gasteiger partial charge in [0.15, 0.2) is 5.69 Å². The second kappa shape index (κ2) is 5.53. The minimum absolute atomic E-state index is 0.281. The number of hydrogen-bond donors (Lipinski definition) is 1. The second-order valence-corrected chi connectivity index (χ2v) is 4.08. The summed E-state index contributed by atoms with van der Waals surface area (Å²) in [4.78, 5) is 11.4. The lowest BCUT2D eigenvalue weighted by atomic mass is 10.1. The van der Waals surface area contributed by atoms with Crippen LogP contribution in [0.5, 0.6) is 0 Å². The van der Waals surface area contributed by atoms with Gasteiger partial charge in [0, 0.05) is 12.6 Å². The Morgan fingerprint density at radius 1 is 1.62 bits per heavy atom. The number of nitrogens with two attached hydrogens (primary N) is 1. The maximum atomic E-state index is 11.4. The highest BCUT2D eigenvalue weighted by Gasteiger charge is 2.13. The van der Waals surface area contributed by atoms with Crippen LogP contribution in [-0.4, -0.2) is 22.4 Å². The van der Waals surface area contributed by atoms with Crippen LogP contribution in [-0.2, 0) is 11.3 Å². The topological polar surface area (TPSA) is 70.1 Å². The maximum Gasteiger partial charge on any atom is 0.358 e. The van der Waals surface area contributed by atoms with Gasteiger partial charge >= 0.3 is 5.97 Å². The molecule has 0 amide bonds. The Morgan fingerprint density at radius 3 is 2.88 bits per heavy atom. The van der Waals surface area contributed by atoms with Crippen molar-refractivity contribution in [3.63, 3.8) is 0 Å². The van der Waals surface area contributed by atoms with Crippen molar-refractivity contribution in [3.8, 4) is 0 Å². The molecule has 1 aromatic heterocycles. The molecule has 90 valence electrons. The van der Waals surface area contributed by atoms with Gasteiger partial charge in [-0.15, -0.1) is 0 Å². The molecule has 0 aliphatic heterocycles. The second-order valence-electron chi connectivity index (χ2n) is 4.08. The van der Waals surface area contributed by atoms with Crippen molar-refractivity contribution in [2.75, 3.05) is 12.3 Å². The molecule has 0 aromatic carbocycles. The van der Waals surface area contributed by atoms with Crippen LogP contribution in [0.15, 0.2) is 6.07 Å². The number of nitrogen functional groups attached to an aromatic ring is 1. The number of esters is 1. The van der Waals surface area contributed by atoms with Gasteiger partial charge in [0.25, 0.3) is 0 Å². The first-order chi connectivity index (χ1) is 7.54. The number of carbonyl (C=O) groups excluding carboxylic acids is 1. The van der Waals surface area contributed by atoms with E-state index in [1.54, 1.807) is 17.7 Å². The standard InChI is InChI=1S/C11H19N3O2/c1-4-16-11(15)9-7-10(12)14(13-9)6-5-8(2)3/h7-8H,4-6,12H2,1-3H3. The molecular formula is C11H19N3O2. The van der Waals surface area contributed by atoms with Crippen molar-refractivity contribution in [1.29, 1.82) is 0 Å². The Hall–Kier alpha value is -1.52. The molecular weight excluding hydrogens is 206 g/mol. The Balaban J connectivity index is 2.69. The maximum absolute atomic E-state index is 11.4. The Morgan fingerprint density at radius 2 is 2.31 bits per heavy atom. The third-order valence-corrected chi connectivity index (χ3v) is 2.21. The van der Waals surface area contributed by atoms with E-state index in [9.17, 15) is 4.79 Å². The fourth-order valence-electron chi connectivity index (χ4n) is 1.30. The highest BCUT2D eigenvalue weighted by atomic mass is 16.5. The van der Waals surface area contributed by atoms with Gasteiger partial charge in [-0.25, -0.2) is 9.48 Å². The number of ether oxygens (including phenoxy) is 1. The number of anilines is 1. The van der Waals surface area contributed by atoms with E-state index in [4.69, 9.17) is 10.5 Å². The van der Waals surface area contributed by atoms with Gasteiger partial charge in [-0.3, -0.25) is 0 Å². The molecule has 0 aliphatic carbocycles. The molecule has 2 N–H and O–H groups in total. The Kier molecular flexibility index (Phi) is 4.34. The van der Waals surface area contributed by atoms with E-state index < -0.39 is 5.97 Å². The van der Waals surface area contributed by atoms with Crippen molar-refractivity contribution in [2.45, 2.75) is 33.7 Å². The summed E-state index contributed by atoms with van der Waals surface area (Å²) >= 11 is 0. The van der Waals surface area contributed by atoms with E-state index in [1.807, 2.05) is 0 Å². The monoisotopic (exact) mass is 225 g/mol. The molecule has 0 aliphatic rings.